The maximum atomic E-state index is 12.0. The molecular formula is C10H10F3O3SY-. The molecule has 0 heterocycles. The van der Waals surface area contributed by atoms with Crippen LogP contribution in [-0.4, -0.2) is 13.9 Å². The van der Waals surface area contributed by atoms with Crippen molar-refractivity contribution in [2.24, 2.45) is 0 Å². The van der Waals surface area contributed by atoms with Crippen molar-refractivity contribution in [1.29, 1.82) is 0 Å². The van der Waals surface area contributed by atoms with Crippen molar-refractivity contribution in [3.8, 4) is 5.75 Å². The smallest absolute Gasteiger partial charge is 0.403 e. The number of rotatable bonds is 3. The van der Waals surface area contributed by atoms with Crippen LogP contribution in [0.15, 0.2) is 18.2 Å². The molecule has 0 unspecified atom stereocenters. The van der Waals surface area contributed by atoms with Gasteiger partial charge in [0, 0.05) is 38.5 Å². The standard InChI is InChI=1S/C10H10F3O3S.Y/c1-7(2)8-3-5-9(6-4-8)16-17(14,15)10(11,12)13;/h3-5,7H,1-2H3;/q-1;. The molecule has 1 aromatic rings. The molecule has 0 atom stereocenters. The second-order valence-electron chi connectivity index (χ2n) is 3.62. The van der Waals surface area contributed by atoms with Gasteiger partial charge >= 0.3 is 15.6 Å². The zero-order valence-electron chi connectivity index (χ0n) is 9.65. The fourth-order valence-corrected chi connectivity index (χ4v) is 1.43. The molecule has 0 amide bonds. The minimum absolute atomic E-state index is 0. The van der Waals surface area contributed by atoms with Crippen molar-refractivity contribution < 1.29 is 58.5 Å². The van der Waals surface area contributed by atoms with E-state index in [0.717, 1.165) is 11.6 Å². The zero-order valence-corrected chi connectivity index (χ0v) is 13.3. The molecule has 99 valence electrons. The van der Waals surface area contributed by atoms with Crippen LogP contribution in [0, 0.1) is 6.07 Å². The van der Waals surface area contributed by atoms with Crippen LogP contribution in [0.1, 0.15) is 25.3 Å². The molecule has 3 nitrogen and oxygen atoms in total. The largest absolute Gasteiger partial charge is 0.534 e. The maximum Gasteiger partial charge on any atom is 0.534 e. The van der Waals surface area contributed by atoms with Crippen LogP contribution in [0.5, 0.6) is 5.75 Å². The van der Waals surface area contributed by atoms with Gasteiger partial charge < -0.3 is 4.18 Å². The van der Waals surface area contributed by atoms with Crippen LogP contribution >= 0.6 is 0 Å². The van der Waals surface area contributed by atoms with Crippen molar-refractivity contribution in [1.82, 2.24) is 0 Å². The number of hydrogen-bond acceptors (Lipinski definition) is 3. The fourth-order valence-electron chi connectivity index (χ4n) is 0.999. The quantitative estimate of drug-likeness (QED) is 0.475. The predicted molar refractivity (Wildman–Crippen MR) is 55.0 cm³/mol. The van der Waals surface area contributed by atoms with Gasteiger partial charge in [0.2, 0.25) is 0 Å². The van der Waals surface area contributed by atoms with Crippen LogP contribution < -0.4 is 4.18 Å². The van der Waals surface area contributed by atoms with E-state index in [4.69, 9.17) is 0 Å². The fraction of sp³-hybridized carbons (Fsp3) is 0.400. The van der Waals surface area contributed by atoms with Gasteiger partial charge in [-0.2, -0.15) is 39.3 Å². The summed E-state index contributed by atoms with van der Waals surface area (Å²) in [6.07, 6.45) is 0. The molecule has 0 aliphatic heterocycles. The number of benzene rings is 1. The molecule has 0 aliphatic carbocycles. The van der Waals surface area contributed by atoms with Crippen LogP contribution in [-0.2, 0) is 42.8 Å². The van der Waals surface area contributed by atoms with E-state index in [-0.39, 0.29) is 38.6 Å². The minimum atomic E-state index is -5.62. The molecule has 0 fully saturated rings. The normalized spacial score (nSPS) is 12.1. The molecule has 1 radical (unpaired) electrons. The number of halogens is 3. The zero-order chi connectivity index (χ0) is 13.3. The number of alkyl halides is 3. The van der Waals surface area contributed by atoms with E-state index in [1.165, 1.54) is 12.1 Å². The third kappa shape index (κ3) is 4.51. The van der Waals surface area contributed by atoms with E-state index in [0.29, 0.717) is 0 Å². The Morgan fingerprint density at radius 2 is 1.83 bits per heavy atom. The van der Waals surface area contributed by atoms with E-state index in [9.17, 15) is 21.6 Å². The van der Waals surface area contributed by atoms with Crippen molar-refractivity contribution in [2.45, 2.75) is 25.3 Å². The topological polar surface area (TPSA) is 43.4 Å². The Morgan fingerprint density at radius 1 is 1.28 bits per heavy atom. The maximum absolute atomic E-state index is 12.0. The monoisotopic (exact) mass is 356 g/mol. The van der Waals surface area contributed by atoms with Gasteiger partial charge in [0.25, 0.3) is 0 Å². The summed E-state index contributed by atoms with van der Waals surface area (Å²) in [6.45, 7) is 3.77. The molecule has 0 bridgehead atoms. The third-order valence-corrected chi connectivity index (χ3v) is 2.92. The summed E-state index contributed by atoms with van der Waals surface area (Å²) in [6, 6.07) is 6.37. The summed E-state index contributed by atoms with van der Waals surface area (Å²) in [7, 11) is -5.62. The summed E-state index contributed by atoms with van der Waals surface area (Å²) in [4.78, 5) is 0. The van der Waals surface area contributed by atoms with Gasteiger partial charge in [-0.25, -0.2) is 0 Å². The average Bonchev–Trinajstić information content (AvgIpc) is 2.16. The van der Waals surface area contributed by atoms with Crippen LogP contribution in [0.4, 0.5) is 13.2 Å². The Hall–Kier alpha value is -0.136. The molecular weight excluding hydrogens is 346 g/mol. The Labute approximate surface area is 129 Å². The van der Waals surface area contributed by atoms with Crippen LogP contribution in [0.2, 0.25) is 0 Å². The molecule has 1 rings (SSSR count). The Balaban J connectivity index is 0.00000289. The molecule has 0 N–H and O–H groups in total. The van der Waals surface area contributed by atoms with Gasteiger partial charge in [-0.3, -0.25) is 0 Å². The second-order valence-corrected chi connectivity index (χ2v) is 5.16. The van der Waals surface area contributed by atoms with Gasteiger partial charge in [0.1, 0.15) is 0 Å². The molecule has 0 saturated carbocycles. The van der Waals surface area contributed by atoms with Gasteiger partial charge in [0.15, 0.2) is 0 Å². The molecule has 18 heavy (non-hydrogen) atoms. The van der Waals surface area contributed by atoms with E-state index in [1.807, 2.05) is 13.8 Å². The van der Waals surface area contributed by atoms with Crippen molar-refractivity contribution in [3.05, 3.63) is 29.8 Å². The molecule has 0 spiro atoms. The molecule has 0 aliphatic rings. The van der Waals surface area contributed by atoms with Gasteiger partial charge in [-0.15, -0.1) is 12.1 Å². The van der Waals surface area contributed by atoms with Gasteiger partial charge in [-0.05, 0) is 0 Å². The molecule has 0 saturated heterocycles. The number of hydrogen-bond donors (Lipinski definition) is 0. The van der Waals surface area contributed by atoms with Crippen molar-refractivity contribution in [3.63, 3.8) is 0 Å². The molecule has 8 heteroatoms. The first-order valence-electron chi connectivity index (χ1n) is 4.66. The summed E-state index contributed by atoms with van der Waals surface area (Å²) >= 11 is 0. The van der Waals surface area contributed by atoms with E-state index < -0.39 is 21.4 Å². The molecule has 0 aromatic heterocycles. The van der Waals surface area contributed by atoms with E-state index in [1.54, 1.807) is 0 Å². The van der Waals surface area contributed by atoms with Crippen molar-refractivity contribution in [2.75, 3.05) is 0 Å². The molecule has 1 aromatic carbocycles. The first-order chi connectivity index (χ1) is 7.63. The summed E-state index contributed by atoms with van der Waals surface area (Å²) in [5, 5.41) is 0. The SMILES string of the molecule is CC(C)c1c[c-]c(OS(=O)(=O)C(F)(F)F)cc1.[Y]. The Kier molecular flexibility index (Phi) is 6.30. The Bertz CT molecular complexity index is 480. The summed E-state index contributed by atoms with van der Waals surface area (Å²) in [5.74, 6) is -0.314. The van der Waals surface area contributed by atoms with E-state index >= 15 is 0 Å². The third-order valence-electron chi connectivity index (χ3n) is 1.96. The van der Waals surface area contributed by atoms with Crippen molar-refractivity contribution >= 4 is 10.1 Å². The predicted octanol–water partition coefficient (Wildman–Crippen LogP) is 2.84. The Morgan fingerprint density at radius 3 is 2.17 bits per heavy atom. The first kappa shape index (κ1) is 17.9. The van der Waals surface area contributed by atoms with Gasteiger partial charge in [0.05, 0.1) is 0 Å². The summed E-state index contributed by atoms with van der Waals surface area (Å²) < 4.78 is 61.2. The van der Waals surface area contributed by atoms with Crippen LogP contribution in [0.3, 0.4) is 0 Å². The summed E-state index contributed by atoms with van der Waals surface area (Å²) in [5.41, 5.74) is -4.61. The van der Waals surface area contributed by atoms with E-state index in [2.05, 4.69) is 10.2 Å². The van der Waals surface area contributed by atoms with Crippen LogP contribution in [0.25, 0.3) is 0 Å². The average molecular weight is 356 g/mol. The first-order valence-corrected chi connectivity index (χ1v) is 6.06. The second kappa shape index (κ2) is 6.34. The van der Waals surface area contributed by atoms with Gasteiger partial charge in [-0.1, -0.05) is 19.8 Å². The minimum Gasteiger partial charge on any atom is -0.403 e.